The molecule has 2 heteroatoms. The molecule has 0 aromatic heterocycles. The van der Waals surface area contributed by atoms with Crippen molar-refractivity contribution in [3.05, 3.63) is 65.2 Å². The Hall–Kier alpha value is -1.41. The molecule has 0 heterocycles. The maximum atomic E-state index is 2.53. The van der Waals surface area contributed by atoms with E-state index in [0.717, 1.165) is 6.54 Å². The van der Waals surface area contributed by atoms with E-state index in [4.69, 9.17) is 0 Å². The fraction of sp³-hybridized carbons (Fsp3) is 0.294. The van der Waals surface area contributed by atoms with Gasteiger partial charge in [-0.2, -0.15) is 11.1 Å². The Bertz CT molecular complexity index is 548. The minimum absolute atomic E-state index is 0.159. The average Bonchev–Trinajstić information content (AvgIpc) is 2.38. The van der Waals surface area contributed by atoms with E-state index in [1.54, 1.807) is 0 Å². The third-order valence-corrected chi connectivity index (χ3v) is 4.78. The second kappa shape index (κ2) is 6.16. The van der Waals surface area contributed by atoms with Gasteiger partial charge in [-0.1, -0.05) is 42.5 Å². The Labute approximate surface area is 119 Å². The fourth-order valence-corrected chi connectivity index (χ4v) is 3.33. The molecule has 0 bridgehead atoms. The van der Waals surface area contributed by atoms with Crippen LogP contribution in [0, 0.1) is 13.8 Å². The molecule has 1 nitrogen and oxygen atoms in total. The minimum Gasteiger partial charge on any atom is -0.332 e. The summed E-state index contributed by atoms with van der Waals surface area (Å²) in [6.45, 7) is 5.38. The predicted octanol–water partition coefficient (Wildman–Crippen LogP) is 4.49. The molecule has 0 saturated heterocycles. The van der Waals surface area contributed by atoms with Crippen molar-refractivity contribution in [3.63, 3.8) is 0 Å². The Kier molecular flexibility index (Phi) is 4.54. The maximum absolute atomic E-state index is 2.53. The summed E-state index contributed by atoms with van der Waals surface area (Å²) in [5.74, 6) is 0. The number of hydrogen-bond donors (Lipinski definition) is 1. The summed E-state index contributed by atoms with van der Waals surface area (Å²) in [6.07, 6.45) is 4.64. The second-order valence-electron chi connectivity index (χ2n) is 5.12. The molecular formula is C17H23NS. The highest BCUT2D eigenvalue weighted by atomic mass is 32.2. The third kappa shape index (κ3) is 3.32. The monoisotopic (exact) mass is 273 g/mol. The molecule has 2 aromatic carbocycles. The smallest absolute Gasteiger partial charge is 0.0529 e. The van der Waals surface area contributed by atoms with Crippen molar-refractivity contribution in [3.8, 4) is 0 Å². The van der Waals surface area contributed by atoms with Crippen molar-refractivity contribution < 1.29 is 0 Å². The van der Waals surface area contributed by atoms with Crippen molar-refractivity contribution in [2.75, 3.05) is 16.8 Å². The lowest BCUT2D eigenvalue weighted by atomic mass is 10.1. The number of aryl methyl sites for hydroxylation is 2. The van der Waals surface area contributed by atoms with Gasteiger partial charge in [0.15, 0.2) is 0 Å². The van der Waals surface area contributed by atoms with E-state index in [1.807, 2.05) is 0 Å². The summed E-state index contributed by atoms with van der Waals surface area (Å²) >= 11 is -0.159. The Morgan fingerprint density at radius 2 is 1.42 bits per heavy atom. The van der Waals surface area contributed by atoms with Gasteiger partial charge in [-0.15, -0.1) is 0 Å². The van der Waals surface area contributed by atoms with Gasteiger partial charge < -0.3 is 4.31 Å². The van der Waals surface area contributed by atoms with Crippen LogP contribution in [0.5, 0.6) is 0 Å². The molecule has 0 aliphatic rings. The highest BCUT2D eigenvalue weighted by molar-refractivity contribution is 8.17. The van der Waals surface area contributed by atoms with E-state index in [2.05, 4.69) is 79.2 Å². The molecule has 0 N–H and O–H groups in total. The van der Waals surface area contributed by atoms with Crippen molar-refractivity contribution >= 4 is 16.8 Å². The van der Waals surface area contributed by atoms with Crippen LogP contribution in [0.1, 0.15) is 16.7 Å². The van der Waals surface area contributed by atoms with Crippen LogP contribution in [0.25, 0.3) is 0 Å². The second-order valence-corrected chi connectivity index (χ2v) is 7.30. The first-order valence-electron chi connectivity index (χ1n) is 6.64. The molecule has 2 rings (SSSR count). The first-order valence-corrected chi connectivity index (χ1v) is 8.83. The number of hydrogen-bond acceptors (Lipinski definition) is 1. The Morgan fingerprint density at radius 1 is 0.842 bits per heavy atom. The summed E-state index contributed by atoms with van der Waals surface area (Å²) in [5, 5.41) is 0. The molecule has 0 unspecified atom stereocenters. The van der Waals surface area contributed by atoms with Crippen LogP contribution in [0.3, 0.4) is 0 Å². The largest absolute Gasteiger partial charge is 0.332 e. The van der Waals surface area contributed by atoms with Crippen molar-refractivity contribution in [2.24, 2.45) is 0 Å². The lowest BCUT2D eigenvalue weighted by molar-refractivity contribution is 1.03. The van der Waals surface area contributed by atoms with Crippen LogP contribution in [0.4, 0.5) is 5.69 Å². The van der Waals surface area contributed by atoms with Crippen LogP contribution < -0.4 is 4.31 Å². The van der Waals surface area contributed by atoms with Crippen molar-refractivity contribution in [1.29, 1.82) is 0 Å². The van der Waals surface area contributed by atoms with Gasteiger partial charge in [0, 0.05) is 5.69 Å². The highest BCUT2D eigenvalue weighted by Gasteiger charge is 2.12. The predicted molar refractivity (Wildman–Crippen MR) is 89.4 cm³/mol. The van der Waals surface area contributed by atoms with Gasteiger partial charge in [0.25, 0.3) is 0 Å². The highest BCUT2D eigenvalue weighted by Crippen LogP contribution is 2.34. The molecule has 102 valence electrons. The number of para-hydroxylation sites is 1. The molecule has 19 heavy (non-hydrogen) atoms. The fourth-order valence-electron chi connectivity index (χ4n) is 2.24. The molecule has 2 aromatic rings. The third-order valence-electron chi connectivity index (χ3n) is 3.46. The minimum atomic E-state index is -0.159. The van der Waals surface area contributed by atoms with Crippen LogP contribution in [-0.4, -0.2) is 12.5 Å². The van der Waals surface area contributed by atoms with E-state index < -0.39 is 0 Å². The molecular weight excluding hydrogens is 250 g/mol. The molecule has 0 atom stereocenters. The molecule has 0 aliphatic heterocycles. The van der Waals surface area contributed by atoms with Gasteiger partial charge in [0.2, 0.25) is 0 Å². The number of benzene rings is 2. The zero-order chi connectivity index (χ0) is 13.8. The van der Waals surface area contributed by atoms with E-state index >= 15 is 0 Å². The lowest BCUT2D eigenvalue weighted by Crippen LogP contribution is -2.19. The van der Waals surface area contributed by atoms with Gasteiger partial charge >= 0.3 is 0 Å². The standard InChI is InChI=1S/C17H23NS/c1-14-9-5-7-11-16(14)13-18(19(3)4)17-12-8-6-10-15(17)2/h5-12,19H,13H2,1-4H3. The number of anilines is 1. The van der Waals surface area contributed by atoms with Crippen LogP contribution >= 0.6 is 11.1 Å². The Balaban J connectivity index is 2.33. The normalized spacial score (nSPS) is 11.3. The molecule has 0 radical (unpaired) electrons. The summed E-state index contributed by atoms with van der Waals surface area (Å²) in [4.78, 5) is 0. The van der Waals surface area contributed by atoms with Gasteiger partial charge in [-0.05, 0) is 49.1 Å². The molecule has 0 aliphatic carbocycles. The number of nitrogens with zero attached hydrogens (tertiary/aromatic N) is 1. The van der Waals surface area contributed by atoms with Crippen molar-refractivity contribution in [2.45, 2.75) is 20.4 Å². The first-order chi connectivity index (χ1) is 9.09. The number of rotatable bonds is 4. The van der Waals surface area contributed by atoms with Crippen LogP contribution in [0.2, 0.25) is 0 Å². The maximum Gasteiger partial charge on any atom is 0.0529 e. The summed E-state index contributed by atoms with van der Waals surface area (Å²) in [5.41, 5.74) is 5.51. The lowest BCUT2D eigenvalue weighted by Gasteiger charge is -2.33. The summed E-state index contributed by atoms with van der Waals surface area (Å²) in [7, 11) is 0. The molecule has 0 saturated carbocycles. The number of thiol groups is 1. The quantitative estimate of drug-likeness (QED) is 0.804. The van der Waals surface area contributed by atoms with Gasteiger partial charge in [-0.3, -0.25) is 0 Å². The zero-order valence-corrected chi connectivity index (χ0v) is 13.1. The van der Waals surface area contributed by atoms with E-state index in [9.17, 15) is 0 Å². The average molecular weight is 273 g/mol. The SMILES string of the molecule is Cc1ccccc1CN(c1ccccc1C)[SH](C)C. The molecule has 0 amide bonds. The topological polar surface area (TPSA) is 3.24 Å². The van der Waals surface area contributed by atoms with E-state index in [1.165, 1.54) is 22.4 Å². The van der Waals surface area contributed by atoms with Gasteiger partial charge in [0.1, 0.15) is 0 Å². The van der Waals surface area contributed by atoms with Crippen LogP contribution in [0.15, 0.2) is 48.5 Å². The molecule has 0 fully saturated rings. The Morgan fingerprint density at radius 3 is 2.00 bits per heavy atom. The van der Waals surface area contributed by atoms with Gasteiger partial charge in [0.05, 0.1) is 6.54 Å². The van der Waals surface area contributed by atoms with Crippen LogP contribution in [-0.2, 0) is 6.54 Å². The summed E-state index contributed by atoms with van der Waals surface area (Å²) < 4.78 is 2.53. The zero-order valence-electron chi connectivity index (χ0n) is 12.2. The van der Waals surface area contributed by atoms with E-state index in [-0.39, 0.29) is 11.1 Å². The van der Waals surface area contributed by atoms with E-state index in [0.29, 0.717) is 0 Å². The molecule has 0 spiro atoms. The summed E-state index contributed by atoms with van der Waals surface area (Å²) in [6, 6.07) is 17.3. The van der Waals surface area contributed by atoms with Crippen molar-refractivity contribution in [1.82, 2.24) is 0 Å². The van der Waals surface area contributed by atoms with Gasteiger partial charge in [-0.25, -0.2) is 0 Å². The first kappa shape index (κ1) is 14.0.